The van der Waals surface area contributed by atoms with E-state index in [1.54, 1.807) is 66.7 Å². The molecule has 0 aromatic heterocycles. The van der Waals surface area contributed by atoms with E-state index in [9.17, 15) is 29.7 Å². The molecule has 0 fully saturated rings. The van der Waals surface area contributed by atoms with Crippen molar-refractivity contribution in [2.24, 2.45) is 5.92 Å². The van der Waals surface area contributed by atoms with Crippen LogP contribution >= 0.6 is 0 Å². The van der Waals surface area contributed by atoms with Gasteiger partial charge in [-0.15, -0.1) is 5.92 Å². The van der Waals surface area contributed by atoms with E-state index in [0.29, 0.717) is 12.2 Å². The van der Waals surface area contributed by atoms with E-state index in [4.69, 9.17) is 14.2 Å². The van der Waals surface area contributed by atoms with E-state index in [-0.39, 0.29) is 19.1 Å². The Morgan fingerprint density at radius 2 is 1.45 bits per heavy atom. The summed E-state index contributed by atoms with van der Waals surface area (Å²) in [6.45, 7) is 13.7. The van der Waals surface area contributed by atoms with Gasteiger partial charge in [0, 0.05) is 0 Å². The van der Waals surface area contributed by atoms with Crippen LogP contribution in [-0.4, -0.2) is 75.3 Å². The van der Waals surface area contributed by atoms with Crippen LogP contribution in [0.1, 0.15) is 144 Å². The number of nitrogens with one attached hydrogen (secondary N) is 1. The number of hydrogen-bond acceptors (Lipinski definition) is 9. The minimum absolute atomic E-state index is 0.248. The molecule has 4 N–H and O–H groups in total. The highest BCUT2D eigenvalue weighted by molar-refractivity contribution is 5.94. The second-order valence-corrected chi connectivity index (χ2v) is 15.9. The largest absolute Gasteiger partial charge is 0.481 e. The van der Waals surface area contributed by atoms with Crippen LogP contribution in [0.15, 0.2) is 36.4 Å². The Hall–Kier alpha value is -3.39. The number of aliphatic hydroxyl groups excluding tert-OH is 2. The summed E-state index contributed by atoms with van der Waals surface area (Å²) in [5, 5.41) is 35.4. The Morgan fingerprint density at radius 1 is 0.868 bits per heavy atom. The molecular weight excluding hydrogens is 674 g/mol. The molecule has 0 aliphatic carbocycles. The molecule has 53 heavy (non-hydrogen) atoms. The third-order valence-corrected chi connectivity index (χ3v) is 8.47. The minimum Gasteiger partial charge on any atom is -0.481 e. The predicted octanol–water partition coefficient (Wildman–Crippen LogP) is 7.15. The van der Waals surface area contributed by atoms with Crippen molar-refractivity contribution >= 4 is 17.8 Å². The SMILES string of the molecule is CC#CCOc1ccc(C[C@@H](CO)NC(=O)[C@@H](/C=C/CCCCCCC(O)CCCCCCC)[C@@](O)(CC(=O)OC(C)(C)C)C(=O)OC(C)(C)C)cc1. The van der Waals surface area contributed by atoms with Crippen LogP contribution in [0.5, 0.6) is 5.75 Å². The predicted molar refractivity (Wildman–Crippen MR) is 209 cm³/mol. The van der Waals surface area contributed by atoms with Gasteiger partial charge in [-0.2, -0.15) is 0 Å². The van der Waals surface area contributed by atoms with Crippen molar-refractivity contribution in [3.05, 3.63) is 42.0 Å². The van der Waals surface area contributed by atoms with Crippen molar-refractivity contribution in [2.75, 3.05) is 13.2 Å². The molecule has 10 nitrogen and oxygen atoms in total. The van der Waals surface area contributed by atoms with E-state index >= 15 is 0 Å². The first-order valence-electron chi connectivity index (χ1n) is 19.5. The molecule has 1 unspecified atom stereocenters. The minimum atomic E-state index is -2.61. The molecule has 0 spiro atoms. The number of benzene rings is 1. The second kappa shape index (κ2) is 24.8. The third kappa shape index (κ3) is 21.2. The molecular formula is C43H69NO9. The Labute approximate surface area is 319 Å². The Balaban J connectivity index is 3.14. The fourth-order valence-corrected chi connectivity index (χ4v) is 5.74. The van der Waals surface area contributed by atoms with Gasteiger partial charge in [0.15, 0.2) is 5.60 Å². The molecule has 1 aromatic carbocycles. The average molecular weight is 744 g/mol. The number of amides is 1. The zero-order valence-electron chi connectivity index (χ0n) is 33.8. The normalized spacial score (nSPS) is 14.7. The molecule has 4 atom stereocenters. The van der Waals surface area contributed by atoms with Crippen molar-refractivity contribution in [2.45, 2.75) is 174 Å². The van der Waals surface area contributed by atoms with E-state index in [1.165, 1.54) is 25.3 Å². The number of rotatable bonds is 25. The van der Waals surface area contributed by atoms with Crippen LogP contribution in [0, 0.1) is 17.8 Å². The summed E-state index contributed by atoms with van der Waals surface area (Å²) in [5.74, 6) is 1.94. The van der Waals surface area contributed by atoms with Gasteiger partial charge in [-0.3, -0.25) is 9.59 Å². The van der Waals surface area contributed by atoms with Crippen molar-refractivity contribution in [1.82, 2.24) is 5.32 Å². The van der Waals surface area contributed by atoms with E-state index in [0.717, 1.165) is 56.9 Å². The zero-order valence-corrected chi connectivity index (χ0v) is 33.8. The molecule has 0 saturated carbocycles. The van der Waals surface area contributed by atoms with Gasteiger partial charge < -0.3 is 34.8 Å². The highest BCUT2D eigenvalue weighted by atomic mass is 16.6. The lowest BCUT2D eigenvalue weighted by atomic mass is 9.82. The number of allylic oxidation sites excluding steroid dienone is 1. The molecule has 10 heteroatoms. The van der Waals surface area contributed by atoms with Crippen LogP contribution in [0.25, 0.3) is 0 Å². The molecule has 0 radical (unpaired) electrons. The highest BCUT2D eigenvalue weighted by Crippen LogP contribution is 2.30. The summed E-state index contributed by atoms with van der Waals surface area (Å²) in [4.78, 5) is 40.8. The summed E-state index contributed by atoms with van der Waals surface area (Å²) in [6, 6.07) is 6.40. The number of aliphatic hydroxyl groups is 3. The monoisotopic (exact) mass is 743 g/mol. The summed E-state index contributed by atoms with van der Waals surface area (Å²) < 4.78 is 16.6. The van der Waals surface area contributed by atoms with Crippen LogP contribution in [-0.2, 0) is 30.3 Å². The molecule has 0 aliphatic rings. The average Bonchev–Trinajstić information content (AvgIpc) is 3.06. The number of carbonyl (C=O) groups excluding carboxylic acids is 3. The molecule has 1 rings (SSSR count). The van der Waals surface area contributed by atoms with Crippen LogP contribution in [0.3, 0.4) is 0 Å². The number of unbranched alkanes of at least 4 members (excludes halogenated alkanes) is 8. The first-order valence-corrected chi connectivity index (χ1v) is 19.5. The zero-order chi connectivity index (χ0) is 39.9. The van der Waals surface area contributed by atoms with Crippen LogP contribution in [0.2, 0.25) is 0 Å². The molecule has 0 bridgehead atoms. The fraction of sp³-hybridized carbons (Fsp3) is 0.698. The summed E-state index contributed by atoms with van der Waals surface area (Å²) >= 11 is 0. The first kappa shape index (κ1) is 47.6. The van der Waals surface area contributed by atoms with Gasteiger partial charge in [0.2, 0.25) is 5.91 Å². The fourth-order valence-electron chi connectivity index (χ4n) is 5.74. The summed E-state index contributed by atoms with van der Waals surface area (Å²) in [6.07, 6.45) is 14.0. The van der Waals surface area contributed by atoms with E-state index in [1.807, 2.05) is 12.1 Å². The molecule has 0 aliphatic heterocycles. The second-order valence-electron chi connectivity index (χ2n) is 15.9. The van der Waals surface area contributed by atoms with Gasteiger partial charge >= 0.3 is 11.9 Å². The summed E-state index contributed by atoms with van der Waals surface area (Å²) in [5.41, 5.74) is -3.74. The Morgan fingerprint density at radius 3 is 2.00 bits per heavy atom. The number of ether oxygens (including phenoxy) is 3. The van der Waals surface area contributed by atoms with Crippen molar-refractivity contribution in [3.63, 3.8) is 0 Å². The number of carbonyl (C=O) groups is 3. The summed E-state index contributed by atoms with van der Waals surface area (Å²) in [7, 11) is 0. The maximum absolute atomic E-state index is 14.0. The molecule has 0 heterocycles. The standard InChI is InChI=1S/C43H69NO9/c1-9-11-13-16-19-22-35(46)23-20-17-14-15-18-21-24-37(43(50,40(49)53-42(6,7)8)31-38(47)52-41(3,4)5)39(48)44-34(32-45)30-33-25-27-36(28-26-33)51-29-12-10-2/h21,24-28,34-35,37,45-46,50H,9,11,13-20,22-23,29-32H2,1-8H3,(H,44,48)/b24-21+/t34-,35?,37+,43-/m0/s1. The van der Waals surface area contributed by atoms with Gasteiger partial charge in [-0.25, -0.2) is 4.79 Å². The smallest absolute Gasteiger partial charge is 0.340 e. The van der Waals surface area contributed by atoms with Gasteiger partial charge in [-0.05, 0) is 98.3 Å². The van der Waals surface area contributed by atoms with Gasteiger partial charge in [0.1, 0.15) is 23.6 Å². The maximum Gasteiger partial charge on any atom is 0.340 e. The lowest BCUT2D eigenvalue weighted by Crippen LogP contribution is -2.56. The number of hydrogen-bond donors (Lipinski definition) is 4. The highest BCUT2D eigenvalue weighted by Gasteiger charge is 2.51. The van der Waals surface area contributed by atoms with Gasteiger partial charge in [0.25, 0.3) is 0 Å². The van der Waals surface area contributed by atoms with Gasteiger partial charge in [-0.1, -0.05) is 88.5 Å². The first-order chi connectivity index (χ1) is 24.9. The van der Waals surface area contributed by atoms with Crippen molar-refractivity contribution in [1.29, 1.82) is 0 Å². The Bertz CT molecular complexity index is 1300. The van der Waals surface area contributed by atoms with Crippen LogP contribution < -0.4 is 10.1 Å². The lowest BCUT2D eigenvalue weighted by Gasteiger charge is -2.35. The van der Waals surface area contributed by atoms with Crippen molar-refractivity contribution < 1.29 is 43.9 Å². The molecule has 1 amide bonds. The van der Waals surface area contributed by atoms with E-state index < -0.39 is 59.6 Å². The Kier molecular flexibility index (Phi) is 22.3. The van der Waals surface area contributed by atoms with Crippen LogP contribution in [0.4, 0.5) is 0 Å². The quantitative estimate of drug-likeness (QED) is 0.0354. The maximum atomic E-state index is 14.0. The topological polar surface area (TPSA) is 152 Å². The molecule has 1 aromatic rings. The van der Waals surface area contributed by atoms with Gasteiger partial charge in [0.05, 0.1) is 31.1 Å². The van der Waals surface area contributed by atoms with E-state index in [2.05, 4.69) is 24.1 Å². The molecule has 300 valence electrons. The molecule has 0 saturated heterocycles. The van der Waals surface area contributed by atoms with Crippen molar-refractivity contribution in [3.8, 4) is 17.6 Å². The third-order valence-electron chi connectivity index (χ3n) is 8.47. The lowest BCUT2D eigenvalue weighted by molar-refractivity contribution is -0.190. The number of esters is 2.